The van der Waals surface area contributed by atoms with Gasteiger partial charge in [0.05, 0.1) is 5.52 Å². The summed E-state index contributed by atoms with van der Waals surface area (Å²) in [6, 6.07) is 24.8. The maximum atomic E-state index is 12.7. The molecule has 5 rings (SSSR count). The van der Waals surface area contributed by atoms with Crippen molar-refractivity contribution >= 4 is 22.6 Å². The second-order valence-electron chi connectivity index (χ2n) is 8.46. The minimum atomic E-state index is 0.0665. The van der Waals surface area contributed by atoms with Crippen LogP contribution in [-0.2, 0) is 17.9 Å². The maximum Gasteiger partial charge on any atom is 0.223 e. The van der Waals surface area contributed by atoms with Gasteiger partial charge in [0.25, 0.3) is 0 Å². The van der Waals surface area contributed by atoms with Gasteiger partial charge < -0.3 is 14.8 Å². The molecule has 1 N–H and O–H groups in total. The van der Waals surface area contributed by atoms with Crippen molar-refractivity contribution in [1.82, 2.24) is 14.9 Å². The van der Waals surface area contributed by atoms with Gasteiger partial charge in [0.2, 0.25) is 5.91 Å². The van der Waals surface area contributed by atoms with E-state index >= 15 is 0 Å². The number of piperidine rings is 1. The number of hydrogen-bond donors (Lipinski definition) is 1. The van der Waals surface area contributed by atoms with E-state index in [1.54, 1.807) is 0 Å². The molecule has 3 heterocycles. The summed E-state index contributed by atoms with van der Waals surface area (Å²) in [7, 11) is 0. The first kappa shape index (κ1) is 20.3. The second-order valence-corrected chi connectivity index (χ2v) is 8.46. The van der Waals surface area contributed by atoms with Crippen LogP contribution in [0.15, 0.2) is 85.2 Å². The molecule has 1 amide bonds. The van der Waals surface area contributed by atoms with Gasteiger partial charge in [0.1, 0.15) is 5.82 Å². The number of carbonyl (C=O) groups is 1. The Balaban J connectivity index is 1.23. The number of anilines is 1. The molecule has 5 nitrogen and oxygen atoms in total. The van der Waals surface area contributed by atoms with Crippen LogP contribution in [0.3, 0.4) is 0 Å². The smallest absolute Gasteiger partial charge is 0.223 e. The third kappa shape index (κ3) is 4.37. The number of aromatic nitrogens is 2. The highest BCUT2D eigenvalue weighted by Gasteiger charge is 2.26. The standard InChI is InChI=1S/C27H28N4O/c32-27(29-19-21-7-3-1-4-8-21)23-12-16-30(17-13-23)26-24-14-18-31(25(24)11-15-28-26)20-22-9-5-2-6-10-22/h1-11,14-15,18,23H,12-13,16-17,19-20H2,(H,29,32). The third-order valence-corrected chi connectivity index (χ3v) is 6.35. The lowest BCUT2D eigenvalue weighted by Crippen LogP contribution is -2.40. The van der Waals surface area contributed by atoms with Gasteiger partial charge in [-0.2, -0.15) is 0 Å². The summed E-state index contributed by atoms with van der Waals surface area (Å²) < 4.78 is 2.28. The first-order chi connectivity index (χ1) is 15.8. The van der Waals surface area contributed by atoms with Crippen LogP contribution in [0.2, 0.25) is 0 Å². The Morgan fingerprint density at radius 1 is 0.906 bits per heavy atom. The lowest BCUT2D eigenvalue weighted by Gasteiger charge is -2.32. The number of nitrogens with zero attached hydrogens (tertiary/aromatic N) is 3. The summed E-state index contributed by atoms with van der Waals surface area (Å²) in [6.07, 6.45) is 5.75. The van der Waals surface area contributed by atoms with Crippen molar-refractivity contribution in [3.63, 3.8) is 0 Å². The van der Waals surface area contributed by atoms with Crippen molar-refractivity contribution < 1.29 is 4.79 Å². The van der Waals surface area contributed by atoms with Crippen LogP contribution in [0.1, 0.15) is 24.0 Å². The SMILES string of the molecule is O=C(NCc1ccccc1)C1CCN(c2nccc3c2ccn3Cc2ccccc2)CC1. The van der Waals surface area contributed by atoms with E-state index in [4.69, 9.17) is 4.98 Å². The van der Waals surface area contributed by atoms with E-state index in [9.17, 15) is 4.79 Å². The topological polar surface area (TPSA) is 50.2 Å². The molecule has 0 spiro atoms. The number of hydrogen-bond acceptors (Lipinski definition) is 3. The number of amides is 1. The van der Waals surface area contributed by atoms with Crippen molar-refractivity contribution in [2.45, 2.75) is 25.9 Å². The van der Waals surface area contributed by atoms with Gasteiger partial charge in [-0.05, 0) is 36.1 Å². The van der Waals surface area contributed by atoms with Crippen molar-refractivity contribution in [2.24, 2.45) is 5.92 Å². The molecule has 0 unspecified atom stereocenters. The average molecular weight is 425 g/mol. The normalized spacial score (nSPS) is 14.6. The van der Waals surface area contributed by atoms with Crippen LogP contribution in [0.25, 0.3) is 10.9 Å². The Hall–Kier alpha value is -3.60. The van der Waals surface area contributed by atoms with Gasteiger partial charge >= 0.3 is 0 Å². The molecule has 0 saturated carbocycles. The minimum Gasteiger partial charge on any atom is -0.356 e. The highest BCUT2D eigenvalue weighted by atomic mass is 16.1. The van der Waals surface area contributed by atoms with E-state index in [0.29, 0.717) is 6.54 Å². The number of carbonyl (C=O) groups excluding carboxylic acids is 1. The predicted molar refractivity (Wildman–Crippen MR) is 129 cm³/mol. The zero-order valence-corrected chi connectivity index (χ0v) is 18.2. The highest BCUT2D eigenvalue weighted by Crippen LogP contribution is 2.29. The molecule has 2 aromatic carbocycles. The molecular weight excluding hydrogens is 396 g/mol. The van der Waals surface area contributed by atoms with E-state index < -0.39 is 0 Å². The maximum absolute atomic E-state index is 12.7. The molecule has 0 radical (unpaired) electrons. The van der Waals surface area contributed by atoms with Crippen LogP contribution < -0.4 is 10.2 Å². The fourth-order valence-electron chi connectivity index (χ4n) is 4.56. The second kappa shape index (κ2) is 9.27. The highest BCUT2D eigenvalue weighted by molar-refractivity contribution is 5.91. The van der Waals surface area contributed by atoms with Gasteiger partial charge in [-0.1, -0.05) is 60.7 Å². The minimum absolute atomic E-state index is 0.0665. The summed E-state index contributed by atoms with van der Waals surface area (Å²) in [4.78, 5) is 19.7. The fourth-order valence-corrected chi connectivity index (χ4v) is 4.56. The predicted octanol–water partition coefficient (Wildman–Crippen LogP) is 4.62. The summed E-state index contributed by atoms with van der Waals surface area (Å²) in [5.41, 5.74) is 3.61. The molecule has 2 aromatic heterocycles. The summed E-state index contributed by atoms with van der Waals surface area (Å²) in [5, 5.41) is 4.28. The zero-order valence-electron chi connectivity index (χ0n) is 18.2. The van der Waals surface area contributed by atoms with Crippen molar-refractivity contribution in [1.29, 1.82) is 0 Å². The van der Waals surface area contributed by atoms with Crippen LogP contribution in [-0.4, -0.2) is 28.5 Å². The molecule has 1 fully saturated rings. The van der Waals surface area contributed by atoms with Crippen LogP contribution in [0, 0.1) is 5.92 Å². The molecule has 1 aliphatic heterocycles. The van der Waals surface area contributed by atoms with Crippen molar-refractivity contribution in [2.75, 3.05) is 18.0 Å². The molecule has 1 aliphatic rings. The van der Waals surface area contributed by atoms with Crippen molar-refractivity contribution in [3.05, 3.63) is 96.3 Å². The Bertz CT molecular complexity index is 1180. The quantitative estimate of drug-likeness (QED) is 0.491. The molecular formula is C27H28N4O. The summed E-state index contributed by atoms with van der Waals surface area (Å²) in [5.74, 6) is 1.25. The van der Waals surface area contributed by atoms with E-state index in [2.05, 4.69) is 57.4 Å². The van der Waals surface area contributed by atoms with Crippen molar-refractivity contribution in [3.8, 4) is 0 Å². The monoisotopic (exact) mass is 424 g/mol. The molecule has 1 saturated heterocycles. The lowest BCUT2D eigenvalue weighted by atomic mass is 9.95. The molecule has 0 atom stereocenters. The number of pyridine rings is 1. The van der Waals surface area contributed by atoms with Gasteiger partial charge in [0, 0.05) is 49.9 Å². The van der Waals surface area contributed by atoms with Crippen LogP contribution >= 0.6 is 0 Å². The van der Waals surface area contributed by atoms with Gasteiger partial charge in [-0.25, -0.2) is 4.98 Å². The average Bonchev–Trinajstić information content (AvgIpc) is 3.27. The first-order valence-corrected chi connectivity index (χ1v) is 11.3. The number of rotatable bonds is 6. The summed E-state index contributed by atoms with van der Waals surface area (Å²) in [6.45, 7) is 3.13. The molecule has 0 aliphatic carbocycles. The Morgan fingerprint density at radius 3 is 2.31 bits per heavy atom. The Labute approximate surface area is 188 Å². The van der Waals surface area contributed by atoms with Gasteiger partial charge in [-0.15, -0.1) is 0 Å². The fraction of sp³-hybridized carbons (Fsp3) is 0.259. The number of benzene rings is 2. The number of fused-ring (bicyclic) bond motifs is 1. The van der Waals surface area contributed by atoms with E-state index in [-0.39, 0.29) is 11.8 Å². The van der Waals surface area contributed by atoms with Gasteiger partial charge in [-0.3, -0.25) is 4.79 Å². The van der Waals surface area contributed by atoms with E-state index in [0.717, 1.165) is 43.9 Å². The van der Waals surface area contributed by atoms with Crippen LogP contribution in [0.4, 0.5) is 5.82 Å². The largest absolute Gasteiger partial charge is 0.356 e. The molecule has 4 aromatic rings. The van der Waals surface area contributed by atoms with E-state index in [1.165, 1.54) is 16.5 Å². The molecule has 0 bridgehead atoms. The Kier molecular flexibility index (Phi) is 5.88. The molecule has 32 heavy (non-hydrogen) atoms. The summed E-state index contributed by atoms with van der Waals surface area (Å²) >= 11 is 0. The lowest BCUT2D eigenvalue weighted by molar-refractivity contribution is -0.125. The van der Waals surface area contributed by atoms with Crippen LogP contribution in [0.5, 0.6) is 0 Å². The number of nitrogens with one attached hydrogen (secondary N) is 1. The Morgan fingerprint density at radius 2 is 1.59 bits per heavy atom. The molecule has 5 heteroatoms. The third-order valence-electron chi connectivity index (χ3n) is 6.35. The molecule has 162 valence electrons. The van der Waals surface area contributed by atoms with Gasteiger partial charge in [0.15, 0.2) is 0 Å². The van der Waals surface area contributed by atoms with E-state index in [1.807, 2.05) is 42.6 Å². The zero-order chi connectivity index (χ0) is 21.8. The first-order valence-electron chi connectivity index (χ1n) is 11.3.